The Balaban J connectivity index is 2.26. The maximum absolute atomic E-state index is 13.1. The summed E-state index contributed by atoms with van der Waals surface area (Å²) in [5.74, 6) is -2.26. The Morgan fingerprint density at radius 2 is 1.78 bits per heavy atom. The van der Waals surface area contributed by atoms with E-state index in [1.165, 1.54) is 36.4 Å². The number of hydrogen-bond donors (Lipinski definition) is 3. The number of carboxylic acid groups (broad SMARTS) is 1. The van der Waals surface area contributed by atoms with Crippen molar-refractivity contribution in [3.05, 3.63) is 54.0 Å². The number of hydrogen-bond acceptors (Lipinski definition) is 5. The molecule has 0 atom stereocenters. The number of benzene rings is 2. The van der Waals surface area contributed by atoms with Crippen LogP contribution >= 0.6 is 0 Å². The number of aromatic hydroxyl groups is 2. The van der Waals surface area contributed by atoms with Crippen LogP contribution in [0.4, 0.5) is 4.39 Å². The molecule has 0 aliphatic heterocycles. The van der Waals surface area contributed by atoms with Crippen LogP contribution in [0.25, 0.3) is 16.9 Å². The fourth-order valence-electron chi connectivity index (χ4n) is 2.15. The lowest BCUT2D eigenvalue weighted by Gasteiger charge is -2.09. The molecule has 3 aromatic rings. The van der Waals surface area contributed by atoms with Crippen molar-refractivity contribution in [2.45, 2.75) is 0 Å². The minimum absolute atomic E-state index is 0.0819. The number of phenols is 2. The molecule has 0 bridgehead atoms. The summed E-state index contributed by atoms with van der Waals surface area (Å²) in [4.78, 5) is 11.4. The third kappa shape index (κ3) is 2.57. The Labute approximate surface area is 128 Å². The van der Waals surface area contributed by atoms with Crippen molar-refractivity contribution in [2.75, 3.05) is 0 Å². The highest BCUT2D eigenvalue weighted by molar-refractivity contribution is 5.93. The summed E-state index contributed by atoms with van der Waals surface area (Å²) >= 11 is 0. The molecule has 2 aromatic carbocycles. The molecule has 0 amide bonds. The van der Waals surface area contributed by atoms with E-state index < -0.39 is 11.8 Å². The number of phenolic OH excluding ortho intramolecular Hbond substituents is 2. The van der Waals surface area contributed by atoms with Crippen LogP contribution in [0.5, 0.6) is 11.5 Å². The van der Waals surface area contributed by atoms with Gasteiger partial charge in [-0.2, -0.15) is 0 Å². The van der Waals surface area contributed by atoms with Gasteiger partial charge in [0.25, 0.3) is 0 Å². The molecule has 23 heavy (non-hydrogen) atoms. The number of aromatic nitrogens is 3. The summed E-state index contributed by atoms with van der Waals surface area (Å²) < 4.78 is 14.2. The number of aromatic carboxylic acids is 1. The van der Waals surface area contributed by atoms with Gasteiger partial charge in [-0.15, -0.1) is 5.10 Å². The topological polar surface area (TPSA) is 108 Å². The first-order valence-electron chi connectivity index (χ1n) is 6.44. The highest BCUT2D eigenvalue weighted by Crippen LogP contribution is 2.31. The van der Waals surface area contributed by atoms with Gasteiger partial charge >= 0.3 is 5.97 Å². The number of rotatable bonds is 3. The van der Waals surface area contributed by atoms with Gasteiger partial charge in [0.2, 0.25) is 0 Å². The first kappa shape index (κ1) is 14.5. The van der Waals surface area contributed by atoms with Gasteiger partial charge in [0, 0.05) is 11.6 Å². The summed E-state index contributed by atoms with van der Waals surface area (Å²) in [5.41, 5.74) is 0.228. The molecule has 0 unspecified atom stereocenters. The van der Waals surface area contributed by atoms with E-state index in [1.54, 1.807) is 0 Å². The molecule has 0 saturated heterocycles. The van der Waals surface area contributed by atoms with Crippen LogP contribution in [0.2, 0.25) is 0 Å². The van der Waals surface area contributed by atoms with Crippen molar-refractivity contribution in [1.29, 1.82) is 0 Å². The third-order valence-corrected chi connectivity index (χ3v) is 3.18. The quantitative estimate of drug-likeness (QED) is 0.683. The van der Waals surface area contributed by atoms with Crippen molar-refractivity contribution in [2.24, 2.45) is 0 Å². The van der Waals surface area contributed by atoms with E-state index in [9.17, 15) is 24.5 Å². The molecule has 116 valence electrons. The van der Waals surface area contributed by atoms with Gasteiger partial charge in [-0.05, 0) is 36.4 Å². The number of carbonyl (C=O) groups is 1. The maximum atomic E-state index is 13.1. The Morgan fingerprint density at radius 1 is 1.09 bits per heavy atom. The van der Waals surface area contributed by atoms with Gasteiger partial charge in [0.05, 0.1) is 0 Å². The summed E-state index contributed by atoms with van der Waals surface area (Å²) in [7, 11) is 0. The standard InChI is InChI=1S/C15H10FN3O4/c16-9-3-1-8(2-4-9)14-13(15(22)23)17-18-19(14)11-6-5-10(20)7-12(11)21/h1-7,20-21H,(H,22,23). The molecule has 0 spiro atoms. The van der Waals surface area contributed by atoms with E-state index in [4.69, 9.17) is 0 Å². The monoisotopic (exact) mass is 315 g/mol. The van der Waals surface area contributed by atoms with Crippen molar-refractivity contribution in [3.8, 4) is 28.4 Å². The smallest absolute Gasteiger partial charge is 0.358 e. The SMILES string of the molecule is O=C(O)c1nnn(-c2ccc(O)cc2O)c1-c1ccc(F)cc1. The lowest BCUT2D eigenvalue weighted by atomic mass is 10.1. The molecule has 3 N–H and O–H groups in total. The Bertz CT molecular complexity index is 890. The molecule has 7 nitrogen and oxygen atoms in total. The molecule has 1 heterocycles. The van der Waals surface area contributed by atoms with E-state index in [-0.39, 0.29) is 28.6 Å². The summed E-state index contributed by atoms with van der Waals surface area (Å²) in [6.45, 7) is 0. The maximum Gasteiger partial charge on any atom is 0.358 e. The van der Waals surface area contributed by atoms with Crippen LogP contribution in [-0.4, -0.2) is 36.3 Å². The normalized spacial score (nSPS) is 10.7. The van der Waals surface area contributed by atoms with Crippen LogP contribution in [-0.2, 0) is 0 Å². The minimum Gasteiger partial charge on any atom is -0.508 e. The molecule has 0 saturated carbocycles. The molecule has 0 radical (unpaired) electrons. The van der Waals surface area contributed by atoms with E-state index in [2.05, 4.69) is 10.3 Å². The van der Waals surface area contributed by atoms with Crippen molar-refractivity contribution >= 4 is 5.97 Å². The second-order valence-corrected chi connectivity index (χ2v) is 4.68. The van der Waals surface area contributed by atoms with Crippen LogP contribution in [0, 0.1) is 5.82 Å². The van der Waals surface area contributed by atoms with Crippen molar-refractivity contribution in [3.63, 3.8) is 0 Å². The highest BCUT2D eigenvalue weighted by Gasteiger charge is 2.23. The fraction of sp³-hybridized carbons (Fsp3) is 0. The zero-order valence-corrected chi connectivity index (χ0v) is 11.5. The van der Waals surface area contributed by atoms with E-state index in [0.29, 0.717) is 5.56 Å². The van der Waals surface area contributed by atoms with Crippen LogP contribution in [0.15, 0.2) is 42.5 Å². The Morgan fingerprint density at radius 3 is 2.39 bits per heavy atom. The minimum atomic E-state index is -1.31. The molecule has 1 aromatic heterocycles. The lowest BCUT2D eigenvalue weighted by molar-refractivity contribution is 0.0691. The summed E-state index contributed by atoms with van der Waals surface area (Å²) in [6, 6.07) is 8.88. The van der Waals surface area contributed by atoms with Gasteiger partial charge in [0.1, 0.15) is 28.7 Å². The number of nitrogens with zero attached hydrogens (tertiary/aromatic N) is 3. The van der Waals surface area contributed by atoms with Crippen molar-refractivity contribution < 1.29 is 24.5 Å². The molecular weight excluding hydrogens is 305 g/mol. The molecule has 3 rings (SSSR count). The van der Waals surface area contributed by atoms with Crippen LogP contribution in [0.1, 0.15) is 10.5 Å². The predicted octanol–water partition coefficient (Wildman–Crippen LogP) is 2.18. The van der Waals surface area contributed by atoms with Gasteiger partial charge < -0.3 is 15.3 Å². The second-order valence-electron chi connectivity index (χ2n) is 4.68. The lowest BCUT2D eigenvalue weighted by Crippen LogP contribution is -2.03. The van der Waals surface area contributed by atoms with E-state index >= 15 is 0 Å². The summed E-state index contributed by atoms with van der Waals surface area (Å²) in [5, 5.41) is 35.9. The van der Waals surface area contributed by atoms with Crippen molar-refractivity contribution in [1.82, 2.24) is 15.0 Å². The molecule has 0 aliphatic rings. The Kier molecular flexibility index (Phi) is 3.41. The van der Waals surface area contributed by atoms with Gasteiger partial charge in [-0.1, -0.05) is 5.21 Å². The fourth-order valence-corrected chi connectivity index (χ4v) is 2.15. The largest absolute Gasteiger partial charge is 0.508 e. The number of carboxylic acids is 1. The Hall–Kier alpha value is -3.42. The molecule has 8 heteroatoms. The average molecular weight is 315 g/mol. The molecule has 0 aliphatic carbocycles. The molecule has 0 fully saturated rings. The second kappa shape index (κ2) is 5.41. The average Bonchev–Trinajstić information content (AvgIpc) is 2.93. The zero-order chi connectivity index (χ0) is 16.6. The van der Waals surface area contributed by atoms with Crippen LogP contribution < -0.4 is 0 Å². The first-order valence-corrected chi connectivity index (χ1v) is 6.44. The number of halogens is 1. The van der Waals surface area contributed by atoms with E-state index in [1.807, 2.05) is 0 Å². The highest BCUT2D eigenvalue weighted by atomic mass is 19.1. The zero-order valence-electron chi connectivity index (χ0n) is 11.5. The predicted molar refractivity (Wildman–Crippen MR) is 77.0 cm³/mol. The van der Waals surface area contributed by atoms with Gasteiger partial charge in [0.15, 0.2) is 5.69 Å². The first-order chi connectivity index (χ1) is 11.0. The van der Waals surface area contributed by atoms with E-state index in [0.717, 1.165) is 10.7 Å². The summed E-state index contributed by atoms with van der Waals surface area (Å²) in [6.07, 6.45) is 0. The molecular formula is C15H10FN3O4. The van der Waals surface area contributed by atoms with Gasteiger partial charge in [-0.25, -0.2) is 13.9 Å². The third-order valence-electron chi connectivity index (χ3n) is 3.18. The van der Waals surface area contributed by atoms with Crippen LogP contribution in [0.3, 0.4) is 0 Å². The van der Waals surface area contributed by atoms with Gasteiger partial charge in [-0.3, -0.25) is 0 Å².